The molecular weight excluding hydrogens is 144 g/mol. The highest BCUT2D eigenvalue weighted by Crippen LogP contribution is 2.17. The van der Waals surface area contributed by atoms with E-state index in [0.29, 0.717) is 19.4 Å². The molecule has 0 N–H and O–H groups in total. The van der Waals surface area contributed by atoms with Crippen LogP contribution in [0.5, 0.6) is 0 Å². The minimum Gasteiger partial charge on any atom is -0.465 e. The molecule has 0 amide bonds. The van der Waals surface area contributed by atoms with Crippen molar-refractivity contribution in [1.29, 1.82) is 0 Å². The summed E-state index contributed by atoms with van der Waals surface area (Å²) in [5.41, 5.74) is 0. The summed E-state index contributed by atoms with van der Waals surface area (Å²) in [6.45, 7) is 2.34. The van der Waals surface area contributed by atoms with Gasteiger partial charge in [0.05, 0.1) is 6.61 Å². The van der Waals surface area contributed by atoms with Crippen LogP contribution in [0.1, 0.15) is 26.2 Å². The monoisotopic (exact) mass is 156 g/mol. The summed E-state index contributed by atoms with van der Waals surface area (Å²) >= 11 is 0. The number of hydrogen-bond acceptors (Lipinski definition) is 3. The Morgan fingerprint density at radius 3 is 2.91 bits per heavy atom. The predicted octanol–water partition coefficient (Wildman–Crippen LogP) is 0.919. The minimum absolute atomic E-state index is 0.0370. The fraction of sp³-hybridized carbons (Fsp3) is 0.750. The zero-order chi connectivity index (χ0) is 8.27. The summed E-state index contributed by atoms with van der Waals surface area (Å²) in [6, 6.07) is 0. The van der Waals surface area contributed by atoms with Crippen molar-refractivity contribution in [2.75, 3.05) is 6.61 Å². The topological polar surface area (TPSA) is 43.4 Å². The Labute approximate surface area is 65.7 Å². The molecule has 0 aromatic rings. The summed E-state index contributed by atoms with van der Waals surface area (Å²) in [5.74, 6) is -0.742. The molecule has 3 nitrogen and oxygen atoms in total. The number of hydrogen-bond donors (Lipinski definition) is 0. The SMILES string of the molecule is CCCC(=O)[C@H]1CCOC1=O. The number of rotatable bonds is 3. The van der Waals surface area contributed by atoms with E-state index in [9.17, 15) is 9.59 Å². The van der Waals surface area contributed by atoms with E-state index in [4.69, 9.17) is 0 Å². The first-order valence-electron chi connectivity index (χ1n) is 3.95. The van der Waals surface area contributed by atoms with Gasteiger partial charge in [0.2, 0.25) is 0 Å². The Balaban J connectivity index is 2.46. The van der Waals surface area contributed by atoms with Gasteiger partial charge in [0.25, 0.3) is 0 Å². The smallest absolute Gasteiger partial charge is 0.316 e. The van der Waals surface area contributed by atoms with Gasteiger partial charge in [-0.3, -0.25) is 9.59 Å². The van der Waals surface area contributed by atoms with Gasteiger partial charge in [0.1, 0.15) is 11.7 Å². The van der Waals surface area contributed by atoms with Crippen LogP contribution in [-0.4, -0.2) is 18.4 Å². The molecule has 3 heteroatoms. The van der Waals surface area contributed by atoms with Crippen molar-refractivity contribution < 1.29 is 14.3 Å². The fourth-order valence-electron chi connectivity index (χ4n) is 1.21. The van der Waals surface area contributed by atoms with E-state index < -0.39 is 5.92 Å². The molecule has 1 aliphatic rings. The van der Waals surface area contributed by atoms with Crippen LogP contribution in [0.25, 0.3) is 0 Å². The molecule has 0 aromatic heterocycles. The maximum absolute atomic E-state index is 11.2. The summed E-state index contributed by atoms with van der Waals surface area (Å²) in [5, 5.41) is 0. The largest absolute Gasteiger partial charge is 0.465 e. The van der Waals surface area contributed by atoms with E-state index in [-0.39, 0.29) is 11.8 Å². The lowest BCUT2D eigenvalue weighted by Crippen LogP contribution is -2.18. The molecule has 1 saturated heterocycles. The average Bonchev–Trinajstić information content (AvgIpc) is 2.36. The Kier molecular flexibility index (Phi) is 2.63. The number of ether oxygens (including phenoxy) is 1. The Morgan fingerprint density at radius 1 is 1.73 bits per heavy atom. The van der Waals surface area contributed by atoms with Gasteiger partial charge in [-0.1, -0.05) is 6.92 Å². The van der Waals surface area contributed by atoms with Crippen molar-refractivity contribution >= 4 is 11.8 Å². The van der Waals surface area contributed by atoms with Gasteiger partial charge >= 0.3 is 5.97 Å². The first kappa shape index (κ1) is 8.24. The summed E-state index contributed by atoms with van der Waals surface area (Å²) in [6.07, 6.45) is 1.89. The Morgan fingerprint density at radius 2 is 2.45 bits per heavy atom. The van der Waals surface area contributed by atoms with Crippen LogP contribution in [0.15, 0.2) is 0 Å². The number of carbonyl (C=O) groups is 2. The summed E-state index contributed by atoms with van der Waals surface area (Å²) < 4.78 is 4.67. The quantitative estimate of drug-likeness (QED) is 0.450. The third-order valence-corrected chi connectivity index (χ3v) is 1.82. The fourth-order valence-corrected chi connectivity index (χ4v) is 1.21. The maximum Gasteiger partial charge on any atom is 0.316 e. The van der Waals surface area contributed by atoms with Gasteiger partial charge in [-0.25, -0.2) is 0 Å². The lowest BCUT2D eigenvalue weighted by Gasteiger charge is -2.01. The van der Waals surface area contributed by atoms with Crippen molar-refractivity contribution in [3.63, 3.8) is 0 Å². The highest BCUT2D eigenvalue weighted by Gasteiger charge is 2.31. The van der Waals surface area contributed by atoms with Gasteiger partial charge in [-0.05, 0) is 6.42 Å². The van der Waals surface area contributed by atoms with E-state index in [0.717, 1.165) is 6.42 Å². The minimum atomic E-state index is -0.449. The summed E-state index contributed by atoms with van der Waals surface area (Å²) in [4.78, 5) is 22.0. The van der Waals surface area contributed by atoms with Crippen LogP contribution in [0.4, 0.5) is 0 Å². The van der Waals surface area contributed by atoms with Gasteiger partial charge in [0, 0.05) is 12.8 Å². The van der Waals surface area contributed by atoms with Gasteiger partial charge in [-0.2, -0.15) is 0 Å². The van der Waals surface area contributed by atoms with E-state index in [1.807, 2.05) is 6.92 Å². The molecule has 0 aliphatic carbocycles. The summed E-state index contributed by atoms with van der Waals surface area (Å²) in [7, 11) is 0. The van der Waals surface area contributed by atoms with Crippen molar-refractivity contribution in [1.82, 2.24) is 0 Å². The van der Waals surface area contributed by atoms with Crippen LogP contribution in [0, 0.1) is 5.92 Å². The molecule has 0 unspecified atom stereocenters. The van der Waals surface area contributed by atoms with E-state index in [2.05, 4.69) is 4.74 Å². The molecule has 1 fully saturated rings. The van der Waals surface area contributed by atoms with Crippen LogP contribution < -0.4 is 0 Å². The molecular formula is C8H12O3. The van der Waals surface area contributed by atoms with Crippen LogP contribution >= 0.6 is 0 Å². The van der Waals surface area contributed by atoms with Gasteiger partial charge in [-0.15, -0.1) is 0 Å². The third-order valence-electron chi connectivity index (χ3n) is 1.82. The second kappa shape index (κ2) is 3.51. The van der Waals surface area contributed by atoms with Crippen molar-refractivity contribution in [2.45, 2.75) is 26.2 Å². The van der Waals surface area contributed by atoms with Crippen molar-refractivity contribution in [2.24, 2.45) is 5.92 Å². The first-order chi connectivity index (χ1) is 5.25. The standard InChI is InChI=1S/C8H12O3/c1-2-3-7(9)6-4-5-11-8(6)10/h6H,2-5H2,1H3/t6-/m1/s1. The molecule has 0 bridgehead atoms. The first-order valence-corrected chi connectivity index (χ1v) is 3.95. The van der Waals surface area contributed by atoms with Crippen molar-refractivity contribution in [3.05, 3.63) is 0 Å². The molecule has 1 aliphatic heterocycles. The molecule has 1 heterocycles. The molecule has 0 radical (unpaired) electrons. The van der Waals surface area contributed by atoms with Crippen molar-refractivity contribution in [3.8, 4) is 0 Å². The zero-order valence-electron chi connectivity index (χ0n) is 6.63. The number of Topliss-reactive ketones (excluding diaryl/α,β-unsaturated/α-hetero) is 1. The molecule has 1 atom stereocenters. The molecule has 11 heavy (non-hydrogen) atoms. The molecule has 0 spiro atoms. The number of esters is 1. The third kappa shape index (κ3) is 1.79. The van der Waals surface area contributed by atoms with Crippen LogP contribution in [-0.2, 0) is 14.3 Å². The predicted molar refractivity (Wildman–Crippen MR) is 39.0 cm³/mol. The Bertz CT molecular complexity index is 174. The lowest BCUT2D eigenvalue weighted by atomic mass is 10.00. The molecule has 62 valence electrons. The van der Waals surface area contributed by atoms with Gasteiger partial charge < -0.3 is 4.74 Å². The highest BCUT2D eigenvalue weighted by molar-refractivity contribution is 5.99. The van der Waals surface area contributed by atoms with E-state index in [1.54, 1.807) is 0 Å². The lowest BCUT2D eigenvalue weighted by molar-refractivity contribution is -0.144. The number of cyclic esters (lactones) is 1. The van der Waals surface area contributed by atoms with E-state index in [1.165, 1.54) is 0 Å². The van der Waals surface area contributed by atoms with E-state index >= 15 is 0 Å². The Hall–Kier alpha value is -0.860. The number of carbonyl (C=O) groups excluding carboxylic acids is 2. The highest BCUT2D eigenvalue weighted by atomic mass is 16.5. The second-order valence-electron chi connectivity index (χ2n) is 2.73. The van der Waals surface area contributed by atoms with Crippen LogP contribution in [0.3, 0.4) is 0 Å². The zero-order valence-corrected chi connectivity index (χ0v) is 6.63. The van der Waals surface area contributed by atoms with Crippen LogP contribution in [0.2, 0.25) is 0 Å². The molecule has 0 saturated carbocycles. The normalized spacial score (nSPS) is 23.4. The number of ketones is 1. The molecule has 1 rings (SSSR count). The van der Waals surface area contributed by atoms with Gasteiger partial charge in [0.15, 0.2) is 0 Å². The maximum atomic E-state index is 11.2. The molecule has 0 aromatic carbocycles. The average molecular weight is 156 g/mol. The second-order valence-corrected chi connectivity index (χ2v) is 2.73.